The highest BCUT2D eigenvalue weighted by molar-refractivity contribution is 5.24. The molecule has 0 fully saturated rings. The van der Waals surface area contributed by atoms with Crippen molar-refractivity contribution in [1.82, 2.24) is 4.90 Å². The van der Waals surface area contributed by atoms with Crippen LogP contribution in [0.15, 0.2) is 36.1 Å². The van der Waals surface area contributed by atoms with E-state index >= 15 is 0 Å². The molecule has 1 nitrogen and oxygen atoms in total. The molecule has 1 aliphatic rings. The molecule has 0 aromatic heterocycles. The van der Waals surface area contributed by atoms with Crippen molar-refractivity contribution < 1.29 is 0 Å². The number of nitrogens with zero attached hydrogens (tertiary/aromatic N) is 1. The lowest BCUT2D eigenvalue weighted by Gasteiger charge is -2.14. The molecule has 1 aliphatic carbocycles. The van der Waals surface area contributed by atoms with Gasteiger partial charge in [-0.3, -0.25) is 0 Å². The van der Waals surface area contributed by atoms with Crippen LogP contribution >= 0.6 is 0 Å². The fourth-order valence-electron chi connectivity index (χ4n) is 1.15. The van der Waals surface area contributed by atoms with Crippen LogP contribution in [0.3, 0.4) is 0 Å². The van der Waals surface area contributed by atoms with Crippen LogP contribution in [-0.4, -0.2) is 19.0 Å². The molecule has 0 unspecified atom stereocenters. The fourth-order valence-corrected chi connectivity index (χ4v) is 1.15. The monoisotopic (exact) mass is 163 g/mol. The highest BCUT2D eigenvalue weighted by atomic mass is 15.1. The second-order valence-electron chi connectivity index (χ2n) is 3.49. The van der Waals surface area contributed by atoms with Gasteiger partial charge >= 0.3 is 0 Å². The first-order chi connectivity index (χ1) is 5.70. The zero-order chi connectivity index (χ0) is 8.97. The van der Waals surface area contributed by atoms with Gasteiger partial charge in [0.1, 0.15) is 0 Å². The summed E-state index contributed by atoms with van der Waals surface area (Å²) in [6, 6.07) is 0. The standard InChI is InChI=1S/C11H17N/c1-10-6-4-5-7-11(9-8-10)12(2)3/h4-5,7-10H,6H2,1-3H3/b5-4+,9-8-,11-7+/t10-/m0/s1. The van der Waals surface area contributed by atoms with Gasteiger partial charge in [-0.05, 0) is 24.5 Å². The fraction of sp³-hybridized carbons (Fsp3) is 0.455. The molecule has 0 radical (unpaired) electrons. The summed E-state index contributed by atoms with van der Waals surface area (Å²) in [5.74, 6) is 0.657. The van der Waals surface area contributed by atoms with Crippen LogP contribution in [0.2, 0.25) is 0 Å². The minimum absolute atomic E-state index is 0.657. The molecule has 1 heteroatoms. The summed E-state index contributed by atoms with van der Waals surface area (Å²) in [5, 5.41) is 0. The average Bonchev–Trinajstić information content (AvgIpc) is 1.97. The normalized spacial score (nSPS) is 32.6. The number of hydrogen-bond donors (Lipinski definition) is 0. The topological polar surface area (TPSA) is 3.24 Å². The third kappa shape index (κ3) is 2.57. The van der Waals surface area contributed by atoms with Crippen LogP contribution in [0.1, 0.15) is 13.3 Å². The average molecular weight is 163 g/mol. The van der Waals surface area contributed by atoms with Gasteiger partial charge < -0.3 is 4.90 Å². The van der Waals surface area contributed by atoms with Gasteiger partial charge in [0.05, 0.1) is 0 Å². The number of likely N-dealkylation sites (N-methyl/N-ethyl adjacent to an activating group) is 1. The van der Waals surface area contributed by atoms with E-state index < -0.39 is 0 Å². The lowest BCUT2D eigenvalue weighted by molar-refractivity contribution is 0.528. The molecular weight excluding hydrogens is 146 g/mol. The highest BCUT2D eigenvalue weighted by Crippen LogP contribution is 2.11. The van der Waals surface area contributed by atoms with E-state index in [9.17, 15) is 0 Å². The zero-order valence-electron chi connectivity index (χ0n) is 8.12. The second-order valence-corrected chi connectivity index (χ2v) is 3.49. The van der Waals surface area contributed by atoms with E-state index in [1.165, 1.54) is 5.70 Å². The smallest absolute Gasteiger partial charge is 0.0357 e. The summed E-state index contributed by atoms with van der Waals surface area (Å²) in [5.41, 5.74) is 1.26. The largest absolute Gasteiger partial charge is 0.378 e. The van der Waals surface area contributed by atoms with Crippen molar-refractivity contribution in [1.29, 1.82) is 0 Å². The molecule has 0 heterocycles. The van der Waals surface area contributed by atoms with E-state index in [0.717, 1.165) is 6.42 Å². The van der Waals surface area contributed by atoms with Crippen LogP contribution in [0, 0.1) is 5.92 Å². The van der Waals surface area contributed by atoms with Gasteiger partial charge in [-0.2, -0.15) is 0 Å². The van der Waals surface area contributed by atoms with Crippen molar-refractivity contribution in [3.05, 3.63) is 36.1 Å². The van der Waals surface area contributed by atoms with E-state index in [-0.39, 0.29) is 0 Å². The zero-order valence-corrected chi connectivity index (χ0v) is 8.12. The molecule has 0 saturated heterocycles. The Hall–Kier alpha value is -0.980. The van der Waals surface area contributed by atoms with Gasteiger partial charge in [0, 0.05) is 19.8 Å². The van der Waals surface area contributed by atoms with Crippen LogP contribution in [0.25, 0.3) is 0 Å². The summed E-state index contributed by atoms with van der Waals surface area (Å²) < 4.78 is 0. The summed E-state index contributed by atoms with van der Waals surface area (Å²) >= 11 is 0. The van der Waals surface area contributed by atoms with E-state index in [1.807, 2.05) is 0 Å². The summed E-state index contributed by atoms with van der Waals surface area (Å²) in [6.45, 7) is 2.24. The summed E-state index contributed by atoms with van der Waals surface area (Å²) in [7, 11) is 4.13. The Labute approximate surface area is 75.1 Å². The Morgan fingerprint density at radius 2 is 2.17 bits per heavy atom. The Morgan fingerprint density at radius 1 is 1.42 bits per heavy atom. The summed E-state index contributed by atoms with van der Waals surface area (Å²) in [6.07, 6.45) is 12.1. The van der Waals surface area contributed by atoms with Crippen LogP contribution in [-0.2, 0) is 0 Å². The van der Waals surface area contributed by atoms with Crippen LogP contribution < -0.4 is 0 Å². The third-order valence-corrected chi connectivity index (χ3v) is 2.02. The van der Waals surface area contributed by atoms with Crippen molar-refractivity contribution in [2.45, 2.75) is 13.3 Å². The van der Waals surface area contributed by atoms with Crippen molar-refractivity contribution in [2.75, 3.05) is 14.1 Å². The Bertz CT molecular complexity index is 221. The van der Waals surface area contributed by atoms with Gasteiger partial charge in [-0.15, -0.1) is 0 Å². The molecule has 0 N–H and O–H groups in total. The third-order valence-electron chi connectivity index (χ3n) is 2.02. The highest BCUT2D eigenvalue weighted by Gasteiger charge is 1.98. The molecule has 1 rings (SSSR count). The number of allylic oxidation sites excluding steroid dienone is 5. The van der Waals surface area contributed by atoms with Gasteiger partial charge in [-0.25, -0.2) is 0 Å². The predicted molar refractivity (Wildman–Crippen MR) is 53.8 cm³/mol. The van der Waals surface area contributed by atoms with E-state index in [2.05, 4.69) is 56.3 Å². The maximum Gasteiger partial charge on any atom is 0.0357 e. The minimum atomic E-state index is 0.657. The molecule has 12 heavy (non-hydrogen) atoms. The molecule has 0 aromatic carbocycles. The maximum absolute atomic E-state index is 2.26. The van der Waals surface area contributed by atoms with Crippen molar-refractivity contribution in [3.63, 3.8) is 0 Å². The summed E-state index contributed by atoms with van der Waals surface area (Å²) in [4.78, 5) is 2.12. The van der Waals surface area contributed by atoms with Crippen molar-refractivity contribution in [3.8, 4) is 0 Å². The van der Waals surface area contributed by atoms with Crippen molar-refractivity contribution >= 4 is 0 Å². The molecule has 0 aliphatic heterocycles. The van der Waals surface area contributed by atoms with Crippen LogP contribution in [0.4, 0.5) is 0 Å². The molecule has 66 valence electrons. The quantitative estimate of drug-likeness (QED) is 0.574. The van der Waals surface area contributed by atoms with Crippen LogP contribution in [0.5, 0.6) is 0 Å². The lowest BCUT2D eigenvalue weighted by atomic mass is 10.0. The number of hydrogen-bond acceptors (Lipinski definition) is 1. The van der Waals surface area contributed by atoms with E-state index in [4.69, 9.17) is 0 Å². The molecular formula is C11H17N. The molecule has 0 spiro atoms. The Kier molecular flexibility index (Phi) is 3.15. The first kappa shape index (κ1) is 9.11. The molecule has 0 amide bonds. The molecule has 0 bridgehead atoms. The van der Waals surface area contributed by atoms with Gasteiger partial charge in [0.15, 0.2) is 0 Å². The van der Waals surface area contributed by atoms with E-state index in [0.29, 0.717) is 5.92 Å². The van der Waals surface area contributed by atoms with Gasteiger partial charge in [-0.1, -0.05) is 25.2 Å². The van der Waals surface area contributed by atoms with Gasteiger partial charge in [0.25, 0.3) is 0 Å². The number of rotatable bonds is 1. The van der Waals surface area contributed by atoms with Gasteiger partial charge in [0.2, 0.25) is 0 Å². The minimum Gasteiger partial charge on any atom is -0.378 e. The SMILES string of the molecule is C[C@@H]1\C=C/C(N(C)C)=C\C=C\C1. The molecule has 1 atom stereocenters. The predicted octanol–water partition coefficient (Wildman–Crippen LogP) is 2.58. The van der Waals surface area contributed by atoms with Crippen molar-refractivity contribution in [2.24, 2.45) is 5.92 Å². The maximum atomic E-state index is 2.26. The lowest BCUT2D eigenvalue weighted by Crippen LogP contribution is -2.09. The Morgan fingerprint density at radius 3 is 2.83 bits per heavy atom. The first-order valence-electron chi connectivity index (χ1n) is 4.42. The first-order valence-corrected chi connectivity index (χ1v) is 4.42. The molecule has 0 aromatic rings. The second kappa shape index (κ2) is 4.15. The Balaban J connectivity index is 2.78. The molecule has 0 saturated carbocycles. The van der Waals surface area contributed by atoms with E-state index in [1.54, 1.807) is 0 Å².